The molecule has 2 N–H and O–H groups in total. The minimum Gasteiger partial charge on any atom is -0.490 e. The van der Waals surface area contributed by atoms with Crippen LogP contribution in [0, 0.1) is 0 Å². The molecule has 0 unspecified atom stereocenters. The average Bonchev–Trinajstić information content (AvgIpc) is 2.63. The van der Waals surface area contributed by atoms with Gasteiger partial charge in [0.2, 0.25) is 0 Å². The van der Waals surface area contributed by atoms with E-state index < -0.39 is 31.0 Å². The van der Waals surface area contributed by atoms with Crippen molar-refractivity contribution in [2.24, 2.45) is 0 Å². The number of benzene rings is 2. The van der Waals surface area contributed by atoms with Gasteiger partial charge in [0.05, 0.1) is 24.7 Å². The van der Waals surface area contributed by atoms with Crippen LogP contribution in [0.5, 0.6) is 5.75 Å². The second-order valence-electron chi connectivity index (χ2n) is 6.32. The van der Waals surface area contributed by atoms with E-state index >= 15 is 0 Å². The molecule has 1 heterocycles. The van der Waals surface area contributed by atoms with Gasteiger partial charge in [-0.2, -0.15) is 0 Å². The van der Waals surface area contributed by atoms with Crippen LogP contribution in [0.1, 0.15) is 10.4 Å². The lowest BCUT2D eigenvalue weighted by atomic mass is 10.0. The maximum Gasteiger partial charge on any atom is 0.404 e. The molecule has 2 amide bonds. The molecule has 3 rings (SSSR count). The summed E-state index contributed by atoms with van der Waals surface area (Å²) in [5.74, 6) is -2.79. The van der Waals surface area contributed by atoms with Crippen molar-refractivity contribution >= 4 is 23.6 Å². The molecule has 0 spiro atoms. The van der Waals surface area contributed by atoms with Gasteiger partial charge in [-0.1, -0.05) is 29.8 Å². The zero-order valence-electron chi connectivity index (χ0n) is 14.6. The highest BCUT2D eigenvalue weighted by molar-refractivity contribution is 6.32. The summed E-state index contributed by atoms with van der Waals surface area (Å²) in [7, 11) is 0. The standard InChI is InChI=1S/C19H17ClF2N2O4/c20-15-9-14(5-6-16(15)28-8-7-23-18(26)27)12-1-3-13(4-2-12)17(25)24-10-19(21,22)11-24/h1-6,9,23H,7-8,10-11H2,(H,26,27). The minimum absolute atomic E-state index is 0.131. The largest absolute Gasteiger partial charge is 0.490 e. The molecule has 1 aliphatic rings. The number of nitrogens with one attached hydrogen (secondary N) is 1. The van der Waals surface area contributed by atoms with Crippen molar-refractivity contribution in [1.29, 1.82) is 0 Å². The Labute approximate surface area is 164 Å². The first kappa shape index (κ1) is 19.9. The van der Waals surface area contributed by atoms with E-state index in [2.05, 4.69) is 5.32 Å². The first-order valence-electron chi connectivity index (χ1n) is 8.42. The second kappa shape index (κ2) is 8.02. The molecular formula is C19H17ClF2N2O4. The van der Waals surface area contributed by atoms with Crippen LogP contribution in [-0.2, 0) is 0 Å². The van der Waals surface area contributed by atoms with Gasteiger partial charge in [-0.05, 0) is 35.4 Å². The summed E-state index contributed by atoms with van der Waals surface area (Å²) in [6, 6.07) is 11.7. The maximum absolute atomic E-state index is 12.9. The Morgan fingerprint density at radius 3 is 2.36 bits per heavy atom. The van der Waals surface area contributed by atoms with Crippen molar-refractivity contribution in [3.63, 3.8) is 0 Å². The van der Waals surface area contributed by atoms with Gasteiger partial charge in [0.15, 0.2) is 0 Å². The summed E-state index contributed by atoms with van der Waals surface area (Å²) < 4.78 is 31.2. The second-order valence-corrected chi connectivity index (χ2v) is 6.73. The normalized spacial score (nSPS) is 14.9. The number of hydrogen-bond acceptors (Lipinski definition) is 3. The van der Waals surface area contributed by atoms with Crippen molar-refractivity contribution in [2.45, 2.75) is 5.92 Å². The van der Waals surface area contributed by atoms with Crippen LogP contribution in [0.4, 0.5) is 13.6 Å². The van der Waals surface area contributed by atoms with Crippen molar-refractivity contribution in [1.82, 2.24) is 10.2 Å². The highest BCUT2D eigenvalue weighted by atomic mass is 35.5. The molecule has 1 fully saturated rings. The number of amides is 2. The topological polar surface area (TPSA) is 78.9 Å². The summed E-state index contributed by atoms with van der Waals surface area (Å²) in [5, 5.41) is 11.0. The van der Waals surface area contributed by atoms with Crippen molar-refractivity contribution in [3.8, 4) is 16.9 Å². The highest BCUT2D eigenvalue weighted by Crippen LogP contribution is 2.31. The number of carbonyl (C=O) groups excluding carboxylic acids is 1. The van der Waals surface area contributed by atoms with E-state index in [1.54, 1.807) is 42.5 Å². The van der Waals surface area contributed by atoms with Gasteiger partial charge in [-0.15, -0.1) is 0 Å². The van der Waals surface area contributed by atoms with Crippen LogP contribution < -0.4 is 10.1 Å². The SMILES string of the molecule is O=C(O)NCCOc1ccc(-c2ccc(C(=O)N3CC(F)(F)C3)cc2)cc1Cl. The number of carbonyl (C=O) groups is 2. The van der Waals surface area contributed by atoms with E-state index in [9.17, 15) is 18.4 Å². The number of rotatable bonds is 6. The Morgan fingerprint density at radius 1 is 1.14 bits per heavy atom. The van der Waals surface area contributed by atoms with Gasteiger partial charge in [0.25, 0.3) is 11.8 Å². The third-order valence-corrected chi connectivity index (χ3v) is 4.46. The Bertz CT molecular complexity index is 882. The van der Waals surface area contributed by atoms with Crippen LogP contribution >= 0.6 is 11.6 Å². The molecule has 2 aromatic carbocycles. The van der Waals surface area contributed by atoms with Gasteiger partial charge >= 0.3 is 6.09 Å². The van der Waals surface area contributed by atoms with Crippen LogP contribution in [-0.4, -0.2) is 54.2 Å². The van der Waals surface area contributed by atoms with E-state index in [0.29, 0.717) is 16.3 Å². The third kappa shape index (κ3) is 4.69. The zero-order chi connectivity index (χ0) is 20.3. The molecular weight excluding hydrogens is 394 g/mol. The molecule has 1 aliphatic heterocycles. The van der Waals surface area contributed by atoms with Crippen LogP contribution in [0.25, 0.3) is 11.1 Å². The van der Waals surface area contributed by atoms with Crippen LogP contribution in [0.15, 0.2) is 42.5 Å². The van der Waals surface area contributed by atoms with Crippen LogP contribution in [0.3, 0.4) is 0 Å². The Morgan fingerprint density at radius 2 is 1.79 bits per heavy atom. The minimum atomic E-state index is -2.79. The summed E-state index contributed by atoms with van der Waals surface area (Å²) >= 11 is 6.20. The molecule has 2 aromatic rings. The molecule has 9 heteroatoms. The van der Waals surface area contributed by atoms with E-state index in [1.165, 1.54) is 0 Å². The number of hydrogen-bond donors (Lipinski definition) is 2. The maximum atomic E-state index is 12.9. The summed E-state index contributed by atoms with van der Waals surface area (Å²) in [5.41, 5.74) is 1.93. The Hall–Kier alpha value is -2.87. The molecule has 0 bridgehead atoms. The van der Waals surface area contributed by atoms with E-state index in [0.717, 1.165) is 16.0 Å². The van der Waals surface area contributed by atoms with Crippen molar-refractivity contribution < 1.29 is 28.2 Å². The molecule has 148 valence electrons. The molecule has 28 heavy (non-hydrogen) atoms. The van der Waals surface area contributed by atoms with Gasteiger partial charge in [-0.25, -0.2) is 13.6 Å². The third-order valence-electron chi connectivity index (χ3n) is 4.16. The smallest absolute Gasteiger partial charge is 0.404 e. The lowest BCUT2D eigenvalue weighted by Crippen LogP contribution is -2.58. The lowest BCUT2D eigenvalue weighted by Gasteiger charge is -2.38. The molecule has 0 atom stereocenters. The average molecular weight is 411 g/mol. The molecule has 0 aromatic heterocycles. The molecule has 0 radical (unpaired) electrons. The summed E-state index contributed by atoms with van der Waals surface area (Å²) in [4.78, 5) is 23.6. The zero-order valence-corrected chi connectivity index (χ0v) is 15.4. The summed E-state index contributed by atoms with van der Waals surface area (Å²) in [6.07, 6.45) is -1.13. The molecule has 0 saturated carbocycles. The highest BCUT2D eigenvalue weighted by Gasteiger charge is 2.46. The van der Waals surface area contributed by atoms with Crippen molar-refractivity contribution in [2.75, 3.05) is 26.2 Å². The van der Waals surface area contributed by atoms with E-state index in [1.807, 2.05) is 0 Å². The molecule has 0 aliphatic carbocycles. The first-order valence-corrected chi connectivity index (χ1v) is 8.80. The fraction of sp³-hybridized carbons (Fsp3) is 0.263. The van der Waals surface area contributed by atoms with Crippen LogP contribution in [0.2, 0.25) is 5.02 Å². The van der Waals surface area contributed by atoms with Gasteiger partial charge in [0, 0.05) is 5.56 Å². The molecule has 6 nitrogen and oxygen atoms in total. The number of likely N-dealkylation sites (tertiary alicyclic amines) is 1. The fourth-order valence-corrected chi connectivity index (χ4v) is 3.00. The number of nitrogens with zero attached hydrogens (tertiary/aromatic N) is 1. The monoisotopic (exact) mass is 410 g/mol. The number of alkyl halides is 2. The van der Waals surface area contributed by atoms with Gasteiger partial charge < -0.3 is 20.1 Å². The number of halogens is 3. The predicted molar refractivity (Wildman–Crippen MR) is 99.3 cm³/mol. The quantitative estimate of drug-likeness (QED) is 0.711. The first-order chi connectivity index (χ1) is 13.2. The summed E-state index contributed by atoms with van der Waals surface area (Å²) in [6.45, 7) is -0.831. The lowest BCUT2D eigenvalue weighted by molar-refractivity contribution is -0.113. The fourth-order valence-electron chi connectivity index (χ4n) is 2.76. The van der Waals surface area contributed by atoms with Crippen molar-refractivity contribution in [3.05, 3.63) is 53.1 Å². The number of carboxylic acid groups (broad SMARTS) is 1. The Kier molecular flexibility index (Phi) is 5.69. The van der Waals surface area contributed by atoms with E-state index in [4.69, 9.17) is 21.4 Å². The van der Waals surface area contributed by atoms with Gasteiger partial charge in [-0.3, -0.25) is 4.79 Å². The molecule has 1 saturated heterocycles. The predicted octanol–water partition coefficient (Wildman–Crippen LogP) is 3.74. The van der Waals surface area contributed by atoms with Gasteiger partial charge in [0.1, 0.15) is 12.4 Å². The van der Waals surface area contributed by atoms with E-state index in [-0.39, 0.29) is 13.2 Å². The number of ether oxygens (including phenoxy) is 1. The Balaban J connectivity index is 1.63.